The quantitative estimate of drug-likeness (QED) is 0.814. The molecule has 0 saturated carbocycles. The van der Waals surface area contributed by atoms with Gasteiger partial charge in [-0.3, -0.25) is 0 Å². The van der Waals surface area contributed by atoms with Gasteiger partial charge in [0.1, 0.15) is 11.8 Å². The van der Waals surface area contributed by atoms with Crippen molar-refractivity contribution in [2.75, 3.05) is 7.11 Å². The van der Waals surface area contributed by atoms with Crippen molar-refractivity contribution in [2.45, 2.75) is 13.8 Å². The summed E-state index contributed by atoms with van der Waals surface area (Å²) in [5.41, 5.74) is 4.08. The average Bonchev–Trinajstić information content (AvgIpc) is 2.80. The molecule has 86 valence electrons. The molecule has 17 heavy (non-hydrogen) atoms. The van der Waals surface area contributed by atoms with E-state index in [0.29, 0.717) is 5.01 Å². The lowest BCUT2D eigenvalue weighted by molar-refractivity contribution is 0.411. The lowest BCUT2D eigenvalue weighted by Crippen LogP contribution is -1.91. The summed E-state index contributed by atoms with van der Waals surface area (Å²) in [6, 6.07) is 6.10. The molecule has 3 nitrogen and oxygen atoms in total. The molecule has 1 aromatic heterocycles. The summed E-state index contributed by atoms with van der Waals surface area (Å²) in [5.74, 6) is 0.877. The van der Waals surface area contributed by atoms with E-state index in [1.807, 2.05) is 31.4 Å². The Labute approximate surface area is 104 Å². The second-order valence-corrected chi connectivity index (χ2v) is 4.64. The summed E-state index contributed by atoms with van der Waals surface area (Å²) in [6.45, 7) is 4.02. The molecule has 0 fully saturated rings. The van der Waals surface area contributed by atoms with E-state index in [1.54, 1.807) is 7.11 Å². The summed E-state index contributed by atoms with van der Waals surface area (Å²) in [7, 11) is 1.66. The molecule has 0 aliphatic carbocycles. The smallest absolute Gasteiger partial charge is 0.194 e. The molecule has 0 aliphatic heterocycles. The third-order valence-electron chi connectivity index (χ3n) is 2.62. The maximum absolute atomic E-state index is 8.78. The summed E-state index contributed by atoms with van der Waals surface area (Å²) in [5, 5.41) is 11.2. The van der Waals surface area contributed by atoms with Crippen LogP contribution in [-0.4, -0.2) is 12.1 Å². The van der Waals surface area contributed by atoms with Crippen molar-refractivity contribution in [1.29, 1.82) is 5.26 Å². The number of aryl methyl sites for hydroxylation is 2. The predicted molar refractivity (Wildman–Crippen MR) is 68.3 cm³/mol. The number of thiazole rings is 1. The minimum absolute atomic E-state index is 0.493. The van der Waals surface area contributed by atoms with Crippen LogP contribution in [0, 0.1) is 25.2 Å². The zero-order valence-corrected chi connectivity index (χ0v) is 10.8. The second kappa shape index (κ2) is 4.56. The number of benzene rings is 1. The van der Waals surface area contributed by atoms with E-state index in [2.05, 4.69) is 11.1 Å². The van der Waals surface area contributed by atoms with E-state index >= 15 is 0 Å². The molecule has 0 N–H and O–H groups in total. The van der Waals surface area contributed by atoms with Crippen molar-refractivity contribution < 1.29 is 4.74 Å². The lowest BCUT2D eigenvalue weighted by atomic mass is 10.0. The average molecular weight is 244 g/mol. The third kappa shape index (κ3) is 2.15. The number of methoxy groups -OCH3 is 1. The molecule has 0 spiro atoms. The second-order valence-electron chi connectivity index (χ2n) is 3.79. The summed E-state index contributed by atoms with van der Waals surface area (Å²) in [4.78, 5) is 4.27. The first-order chi connectivity index (χ1) is 8.15. The maximum Gasteiger partial charge on any atom is 0.194 e. The van der Waals surface area contributed by atoms with Crippen molar-refractivity contribution in [3.63, 3.8) is 0 Å². The van der Waals surface area contributed by atoms with E-state index in [-0.39, 0.29) is 0 Å². The van der Waals surface area contributed by atoms with Crippen LogP contribution in [0.25, 0.3) is 11.3 Å². The monoisotopic (exact) mass is 244 g/mol. The summed E-state index contributed by atoms with van der Waals surface area (Å²) < 4.78 is 5.27. The molecule has 1 heterocycles. The van der Waals surface area contributed by atoms with Crippen molar-refractivity contribution in [1.82, 2.24) is 4.98 Å². The minimum Gasteiger partial charge on any atom is -0.496 e. The fourth-order valence-corrected chi connectivity index (χ4v) is 2.34. The zero-order chi connectivity index (χ0) is 12.4. The van der Waals surface area contributed by atoms with Gasteiger partial charge < -0.3 is 4.74 Å². The number of ether oxygens (including phenoxy) is 1. The van der Waals surface area contributed by atoms with Crippen molar-refractivity contribution in [3.05, 3.63) is 33.6 Å². The first-order valence-corrected chi connectivity index (χ1v) is 6.05. The molecule has 0 atom stereocenters. The van der Waals surface area contributed by atoms with Crippen LogP contribution in [-0.2, 0) is 0 Å². The number of aromatic nitrogens is 1. The maximum atomic E-state index is 8.78. The number of hydrogen-bond donors (Lipinski definition) is 0. The van der Waals surface area contributed by atoms with Crippen molar-refractivity contribution in [3.8, 4) is 23.1 Å². The highest BCUT2D eigenvalue weighted by atomic mass is 32.1. The molecule has 2 rings (SSSR count). The lowest BCUT2D eigenvalue weighted by Gasteiger charge is -2.09. The Balaban J connectivity index is 2.53. The van der Waals surface area contributed by atoms with Gasteiger partial charge in [-0.05, 0) is 37.1 Å². The fraction of sp³-hybridized carbons (Fsp3) is 0.231. The van der Waals surface area contributed by atoms with Crippen molar-refractivity contribution in [2.24, 2.45) is 0 Å². The Kier molecular flexibility index (Phi) is 3.12. The van der Waals surface area contributed by atoms with Crippen LogP contribution >= 0.6 is 11.3 Å². The van der Waals surface area contributed by atoms with Gasteiger partial charge in [0.2, 0.25) is 0 Å². The Morgan fingerprint density at radius 2 is 2.06 bits per heavy atom. The van der Waals surface area contributed by atoms with Gasteiger partial charge in [-0.25, -0.2) is 4.98 Å². The highest BCUT2D eigenvalue weighted by Crippen LogP contribution is 2.30. The Bertz CT molecular complexity index is 596. The van der Waals surface area contributed by atoms with Gasteiger partial charge >= 0.3 is 0 Å². The van der Waals surface area contributed by atoms with Gasteiger partial charge in [0.15, 0.2) is 5.01 Å². The van der Waals surface area contributed by atoms with E-state index in [1.165, 1.54) is 11.3 Å². The standard InChI is InChI=1S/C13H12N2OS/c1-8-5-12(16-3)9(2)4-10(8)11-7-17-13(6-14)15-11/h4-5,7H,1-3H3. The molecule has 0 radical (unpaired) electrons. The van der Waals surface area contributed by atoms with Crippen LogP contribution in [0.15, 0.2) is 17.5 Å². The van der Waals surface area contributed by atoms with Crippen LogP contribution in [0.2, 0.25) is 0 Å². The molecule has 0 bridgehead atoms. The molecule has 0 unspecified atom stereocenters. The molecule has 4 heteroatoms. The molecule has 0 saturated heterocycles. The highest BCUT2D eigenvalue weighted by Gasteiger charge is 2.10. The zero-order valence-electron chi connectivity index (χ0n) is 9.94. The number of hydrogen-bond acceptors (Lipinski definition) is 4. The van der Waals surface area contributed by atoms with E-state index in [0.717, 1.165) is 28.1 Å². The molecule has 0 amide bonds. The highest BCUT2D eigenvalue weighted by molar-refractivity contribution is 7.10. The topological polar surface area (TPSA) is 45.9 Å². The van der Waals surface area contributed by atoms with Crippen LogP contribution in [0.1, 0.15) is 16.1 Å². The normalized spacial score (nSPS) is 10.0. The van der Waals surface area contributed by atoms with Crippen molar-refractivity contribution >= 4 is 11.3 Å². The predicted octanol–water partition coefficient (Wildman–Crippen LogP) is 3.31. The SMILES string of the molecule is COc1cc(C)c(-c2csc(C#N)n2)cc1C. The number of nitriles is 1. The van der Waals surface area contributed by atoms with Crippen LogP contribution in [0.5, 0.6) is 5.75 Å². The summed E-state index contributed by atoms with van der Waals surface area (Å²) >= 11 is 1.37. The minimum atomic E-state index is 0.493. The van der Waals surface area contributed by atoms with Gasteiger partial charge in [0, 0.05) is 10.9 Å². The molecule has 0 aliphatic rings. The Morgan fingerprint density at radius 1 is 1.29 bits per heavy atom. The molecular weight excluding hydrogens is 232 g/mol. The first kappa shape index (κ1) is 11.6. The van der Waals surface area contributed by atoms with Gasteiger partial charge in [-0.2, -0.15) is 5.26 Å². The third-order valence-corrected chi connectivity index (χ3v) is 3.36. The Hall–Kier alpha value is -1.86. The Morgan fingerprint density at radius 3 is 2.65 bits per heavy atom. The van der Waals surface area contributed by atoms with Gasteiger partial charge in [-0.15, -0.1) is 11.3 Å². The molecular formula is C13H12N2OS. The molecule has 1 aromatic carbocycles. The summed E-state index contributed by atoms with van der Waals surface area (Å²) in [6.07, 6.45) is 0. The van der Waals surface area contributed by atoms with Gasteiger partial charge in [0.05, 0.1) is 12.8 Å². The van der Waals surface area contributed by atoms with E-state index in [9.17, 15) is 0 Å². The fourth-order valence-electron chi connectivity index (χ4n) is 1.73. The van der Waals surface area contributed by atoms with Gasteiger partial charge in [0.25, 0.3) is 0 Å². The molecule has 2 aromatic rings. The largest absolute Gasteiger partial charge is 0.496 e. The van der Waals surface area contributed by atoms with Crippen LogP contribution in [0.3, 0.4) is 0 Å². The van der Waals surface area contributed by atoms with E-state index in [4.69, 9.17) is 10.00 Å². The number of rotatable bonds is 2. The van der Waals surface area contributed by atoms with Gasteiger partial charge in [-0.1, -0.05) is 0 Å². The van der Waals surface area contributed by atoms with E-state index < -0.39 is 0 Å². The number of nitrogens with zero attached hydrogens (tertiary/aromatic N) is 2. The van der Waals surface area contributed by atoms with Crippen LogP contribution in [0.4, 0.5) is 0 Å². The first-order valence-electron chi connectivity index (χ1n) is 5.17. The van der Waals surface area contributed by atoms with Crippen LogP contribution < -0.4 is 4.74 Å².